The second-order valence-corrected chi connectivity index (χ2v) is 6.78. The van der Waals surface area contributed by atoms with Crippen LogP contribution in [0.2, 0.25) is 0 Å². The molecule has 3 unspecified atom stereocenters. The van der Waals surface area contributed by atoms with Crippen LogP contribution in [-0.2, 0) is 4.79 Å². The number of hydrogen-bond acceptors (Lipinski definition) is 4. The van der Waals surface area contributed by atoms with Gasteiger partial charge in [0.05, 0.1) is 6.04 Å². The summed E-state index contributed by atoms with van der Waals surface area (Å²) in [5.41, 5.74) is 1.21. The molecule has 0 radical (unpaired) electrons. The molecule has 1 aliphatic rings. The van der Waals surface area contributed by atoms with Crippen molar-refractivity contribution in [3.05, 3.63) is 22.4 Å². The SMILES string of the molecule is CCC(C)C1NC(c2ccsc2)N(CCSC)C1=O. The summed E-state index contributed by atoms with van der Waals surface area (Å²) in [4.78, 5) is 14.6. The van der Waals surface area contributed by atoms with Gasteiger partial charge < -0.3 is 4.90 Å². The van der Waals surface area contributed by atoms with Gasteiger partial charge in [-0.3, -0.25) is 10.1 Å². The summed E-state index contributed by atoms with van der Waals surface area (Å²) in [7, 11) is 0. The van der Waals surface area contributed by atoms with Crippen molar-refractivity contribution in [1.29, 1.82) is 0 Å². The normalized spacial score (nSPS) is 25.0. The second-order valence-electron chi connectivity index (χ2n) is 5.01. The Morgan fingerprint density at radius 3 is 2.95 bits per heavy atom. The molecule has 2 heterocycles. The number of thiophene rings is 1. The zero-order valence-electron chi connectivity index (χ0n) is 11.8. The molecule has 0 spiro atoms. The molecule has 1 aromatic heterocycles. The Labute approximate surface area is 123 Å². The zero-order chi connectivity index (χ0) is 13.8. The van der Waals surface area contributed by atoms with Crippen LogP contribution in [0.3, 0.4) is 0 Å². The lowest BCUT2D eigenvalue weighted by Crippen LogP contribution is -2.36. The summed E-state index contributed by atoms with van der Waals surface area (Å²) in [5.74, 6) is 1.63. The van der Waals surface area contributed by atoms with Gasteiger partial charge in [0.25, 0.3) is 0 Å². The third kappa shape index (κ3) is 3.15. The molecule has 1 fully saturated rings. The van der Waals surface area contributed by atoms with E-state index in [0.717, 1.165) is 18.7 Å². The summed E-state index contributed by atoms with van der Waals surface area (Å²) in [6, 6.07) is 2.08. The number of thioether (sulfide) groups is 1. The van der Waals surface area contributed by atoms with Crippen LogP contribution < -0.4 is 5.32 Å². The van der Waals surface area contributed by atoms with Crippen LogP contribution in [0.25, 0.3) is 0 Å². The van der Waals surface area contributed by atoms with Gasteiger partial charge in [-0.15, -0.1) is 0 Å². The molecule has 5 heteroatoms. The van der Waals surface area contributed by atoms with Crippen LogP contribution >= 0.6 is 23.1 Å². The second kappa shape index (κ2) is 6.77. The van der Waals surface area contributed by atoms with Crippen LogP contribution in [0.1, 0.15) is 32.0 Å². The monoisotopic (exact) mass is 298 g/mol. The Morgan fingerprint density at radius 2 is 2.37 bits per heavy atom. The topological polar surface area (TPSA) is 32.3 Å². The predicted octanol–water partition coefficient (Wildman–Crippen LogP) is 2.96. The smallest absolute Gasteiger partial charge is 0.241 e. The highest BCUT2D eigenvalue weighted by atomic mass is 32.2. The maximum absolute atomic E-state index is 12.6. The average Bonchev–Trinajstić information content (AvgIpc) is 3.03. The van der Waals surface area contributed by atoms with Crippen molar-refractivity contribution in [1.82, 2.24) is 10.2 Å². The van der Waals surface area contributed by atoms with E-state index in [-0.39, 0.29) is 18.1 Å². The fraction of sp³-hybridized carbons (Fsp3) is 0.643. The number of carbonyl (C=O) groups excluding carboxylic acids is 1. The van der Waals surface area contributed by atoms with Crippen molar-refractivity contribution in [3.63, 3.8) is 0 Å². The highest BCUT2D eigenvalue weighted by Crippen LogP contribution is 2.30. The van der Waals surface area contributed by atoms with E-state index in [1.807, 2.05) is 4.90 Å². The minimum absolute atomic E-state index is 0.0308. The molecule has 0 saturated carbocycles. The van der Waals surface area contributed by atoms with Crippen molar-refractivity contribution in [2.24, 2.45) is 5.92 Å². The fourth-order valence-corrected chi connectivity index (χ4v) is 3.47. The minimum atomic E-state index is -0.0308. The van der Waals surface area contributed by atoms with Gasteiger partial charge in [0.2, 0.25) is 5.91 Å². The Morgan fingerprint density at radius 1 is 1.58 bits per heavy atom. The van der Waals surface area contributed by atoms with Gasteiger partial charge in [0, 0.05) is 12.3 Å². The number of rotatable bonds is 6. The predicted molar refractivity (Wildman–Crippen MR) is 83.5 cm³/mol. The number of nitrogens with one attached hydrogen (secondary N) is 1. The lowest BCUT2D eigenvalue weighted by molar-refractivity contribution is -0.130. The molecule has 1 N–H and O–H groups in total. The summed E-state index contributed by atoms with van der Waals surface area (Å²) in [6.45, 7) is 5.11. The van der Waals surface area contributed by atoms with Gasteiger partial charge in [0.1, 0.15) is 6.17 Å². The Hall–Kier alpha value is -0.520. The number of hydrogen-bond donors (Lipinski definition) is 1. The van der Waals surface area contributed by atoms with Crippen LogP contribution in [0.5, 0.6) is 0 Å². The highest BCUT2D eigenvalue weighted by molar-refractivity contribution is 7.98. The van der Waals surface area contributed by atoms with Crippen LogP contribution in [0, 0.1) is 5.92 Å². The van der Waals surface area contributed by atoms with E-state index in [2.05, 4.69) is 42.2 Å². The molecule has 106 valence electrons. The number of nitrogens with zero attached hydrogens (tertiary/aromatic N) is 1. The van der Waals surface area contributed by atoms with Crippen LogP contribution in [-0.4, -0.2) is 35.4 Å². The summed E-state index contributed by atoms with van der Waals surface area (Å²) in [6.07, 6.45) is 3.17. The van der Waals surface area contributed by atoms with Crippen LogP contribution in [0.4, 0.5) is 0 Å². The van der Waals surface area contributed by atoms with Crippen molar-refractivity contribution < 1.29 is 4.79 Å². The zero-order valence-corrected chi connectivity index (χ0v) is 13.4. The standard InChI is InChI=1S/C14H22N2OS2/c1-4-10(2)12-14(17)16(6-8-18-3)13(15-12)11-5-7-19-9-11/h5,7,9-10,12-13,15H,4,6,8H2,1-3H3. The molecule has 19 heavy (non-hydrogen) atoms. The molecule has 1 saturated heterocycles. The van der Waals surface area contributed by atoms with E-state index in [0.29, 0.717) is 5.92 Å². The summed E-state index contributed by atoms with van der Waals surface area (Å²) >= 11 is 3.47. The molecular formula is C14H22N2OS2. The fourth-order valence-electron chi connectivity index (χ4n) is 2.42. The maximum Gasteiger partial charge on any atom is 0.241 e. The molecule has 0 aromatic carbocycles. The average molecular weight is 298 g/mol. The molecule has 2 rings (SSSR count). The van der Waals surface area contributed by atoms with Gasteiger partial charge in [0.15, 0.2) is 0 Å². The van der Waals surface area contributed by atoms with E-state index in [9.17, 15) is 4.79 Å². The minimum Gasteiger partial charge on any atom is -0.321 e. The third-order valence-electron chi connectivity index (χ3n) is 3.81. The Balaban J connectivity index is 2.17. The number of amides is 1. The Bertz CT molecular complexity index is 408. The van der Waals surface area contributed by atoms with Crippen molar-refractivity contribution >= 4 is 29.0 Å². The summed E-state index contributed by atoms with van der Waals surface area (Å²) < 4.78 is 0. The van der Waals surface area contributed by atoms with E-state index in [1.54, 1.807) is 23.1 Å². The van der Waals surface area contributed by atoms with Crippen molar-refractivity contribution in [3.8, 4) is 0 Å². The Kier molecular flexibility index (Phi) is 5.30. The van der Waals surface area contributed by atoms with E-state index < -0.39 is 0 Å². The lowest BCUT2D eigenvalue weighted by Gasteiger charge is -2.23. The number of carbonyl (C=O) groups is 1. The maximum atomic E-state index is 12.6. The van der Waals surface area contributed by atoms with Gasteiger partial charge in [-0.25, -0.2) is 0 Å². The van der Waals surface area contributed by atoms with Crippen LogP contribution in [0.15, 0.2) is 16.8 Å². The van der Waals surface area contributed by atoms with Crippen molar-refractivity contribution in [2.45, 2.75) is 32.5 Å². The van der Waals surface area contributed by atoms with E-state index >= 15 is 0 Å². The molecular weight excluding hydrogens is 276 g/mol. The lowest BCUT2D eigenvalue weighted by atomic mass is 9.99. The molecule has 3 atom stereocenters. The molecule has 3 nitrogen and oxygen atoms in total. The van der Waals surface area contributed by atoms with Gasteiger partial charge in [-0.05, 0) is 34.6 Å². The van der Waals surface area contributed by atoms with Gasteiger partial charge in [-0.1, -0.05) is 20.3 Å². The first-order chi connectivity index (χ1) is 9.19. The van der Waals surface area contributed by atoms with E-state index in [4.69, 9.17) is 0 Å². The summed E-state index contributed by atoms with van der Waals surface area (Å²) in [5, 5.41) is 7.74. The molecule has 1 amide bonds. The first kappa shape index (κ1) is 14.9. The molecule has 1 aromatic rings. The highest BCUT2D eigenvalue weighted by Gasteiger charge is 2.41. The quantitative estimate of drug-likeness (QED) is 0.876. The first-order valence-electron chi connectivity index (χ1n) is 6.76. The molecule has 1 aliphatic heterocycles. The van der Waals surface area contributed by atoms with Crippen molar-refractivity contribution in [2.75, 3.05) is 18.6 Å². The van der Waals surface area contributed by atoms with E-state index in [1.165, 1.54) is 5.56 Å². The molecule has 0 aliphatic carbocycles. The van der Waals surface area contributed by atoms with Gasteiger partial charge >= 0.3 is 0 Å². The third-order valence-corrected chi connectivity index (χ3v) is 5.10. The first-order valence-corrected chi connectivity index (χ1v) is 9.10. The van der Waals surface area contributed by atoms with Gasteiger partial charge in [-0.2, -0.15) is 23.1 Å². The largest absolute Gasteiger partial charge is 0.321 e. The molecule has 0 bridgehead atoms.